The van der Waals surface area contributed by atoms with Crippen LogP contribution in [-0.2, 0) is 6.54 Å². The van der Waals surface area contributed by atoms with Gasteiger partial charge in [-0.05, 0) is 50.5 Å². The maximum absolute atomic E-state index is 10.1. The molecule has 7 nitrogen and oxygen atoms in total. The lowest BCUT2D eigenvalue weighted by Crippen LogP contribution is -2.11. The Morgan fingerprint density at radius 1 is 1.07 bits per heavy atom. The van der Waals surface area contributed by atoms with Crippen molar-refractivity contribution >= 4 is 0 Å². The van der Waals surface area contributed by atoms with Crippen LogP contribution in [0.3, 0.4) is 0 Å². The summed E-state index contributed by atoms with van der Waals surface area (Å²) in [6.07, 6.45) is 6.88. The quantitative estimate of drug-likeness (QED) is 0.592. The number of hydrogen-bond acceptors (Lipinski definition) is 5. The van der Waals surface area contributed by atoms with Gasteiger partial charge in [-0.25, -0.2) is 14.6 Å². The molecule has 0 fully saturated rings. The Balaban J connectivity index is 1.75. The third-order valence-electron chi connectivity index (χ3n) is 4.26. The second-order valence-corrected chi connectivity index (χ2v) is 6.56. The Morgan fingerprint density at radius 2 is 1.93 bits per heavy atom. The standard InChI is InChI=1S/C20H20N6O/c1-24(2)12-16-10-15(6-7-19(16)27)20-22-8-9-25(20)17-4-3-5-18(11-17)26-14-21-13-23-26/h3-11,13-14,27H,12H2,1-2H3. The van der Waals surface area contributed by atoms with Crippen LogP contribution in [0.1, 0.15) is 5.56 Å². The molecule has 0 unspecified atom stereocenters. The fraction of sp³-hybridized carbons (Fsp3) is 0.150. The molecule has 2 aromatic heterocycles. The van der Waals surface area contributed by atoms with Crippen LogP contribution in [0.25, 0.3) is 22.8 Å². The van der Waals surface area contributed by atoms with Crippen molar-refractivity contribution in [1.29, 1.82) is 0 Å². The Labute approximate surface area is 157 Å². The average Bonchev–Trinajstić information content (AvgIpc) is 3.35. The fourth-order valence-electron chi connectivity index (χ4n) is 3.04. The first kappa shape index (κ1) is 17.0. The molecule has 4 aromatic rings. The molecule has 4 rings (SSSR count). The van der Waals surface area contributed by atoms with Crippen LogP contribution in [0.2, 0.25) is 0 Å². The zero-order chi connectivity index (χ0) is 18.8. The first-order valence-electron chi connectivity index (χ1n) is 8.57. The highest BCUT2D eigenvalue weighted by Gasteiger charge is 2.12. The van der Waals surface area contributed by atoms with Gasteiger partial charge in [-0.15, -0.1) is 0 Å². The van der Waals surface area contributed by atoms with E-state index in [4.69, 9.17) is 0 Å². The number of benzene rings is 2. The van der Waals surface area contributed by atoms with E-state index < -0.39 is 0 Å². The number of phenols is 1. The van der Waals surface area contributed by atoms with Gasteiger partial charge in [0, 0.05) is 35.8 Å². The predicted octanol–water partition coefficient (Wildman–Crippen LogP) is 2.89. The number of aromatic hydroxyl groups is 1. The first-order valence-corrected chi connectivity index (χ1v) is 8.57. The number of aromatic nitrogens is 5. The van der Waals surface area contributed by atoms with Crippen molar-refractivity contribution in [3.63, 3.8) is 0 Å². The molecule has 0 amide bonds. The maximum atomic E-state index is 10.1. The Morgan fingerprint density at radius 3 is 2.70 bits per heavy atom. The van der Waals surface area contributed by atoms with E-state index in [9.17, 15) is 5.11 Å². The van der Waals surface area contributed by atoms with Crippen molar-refractivity contribution in [2.45, 2.75) is 6.54 Å². The monoisotopic (exact) mass is 360 g/mol. The number of rotatable bonds is 5. The molecule has 7 heteroatoms. The van der Waals surface area contributed by atoms with Gasteiger partial charge in [0.15, 0.2) is 0 Å². The predicted molar refractivity (Wildman–Crippen MR) is 103 cm³/mol. The Bertz CT molecular complexity index is 1050. The van der Waals surface area contributed by atoms with E-state index in [1.165, 1.54) is 6.33 Å². The number of imidazole rings is 1. The smallest absolute Gasteiger partial charge is 0.144 e. The molecular formula is C20H20N6O. The van der Waals surface area contributed by atoms with Crippen molar-refractivity contribution in [3.05, 3.63) is 73.1 Å². The van der Waals surface area contributed by atoms with Gasteiger partial charge in [-0.1, -0.05) is 6.07 Å². The van der Waals surface area contributed by atoms with Crippen LogP contribution in [0.15, 0.2) is 67.5 Å². The van der Waals surface area contributed by atoms with Crippen molar-refractivity contribution in [2.75, 3.05) is 14.1 Å². The van der Waals surface area contributed by atoms with Crippen LogP contribution >= 0.6 is 0 Å². The minimum Gasteiger partial charge on any atom is -0.508 e. The van der Waals surface area contributed by atoms with E-state index in [-0.39, 0.29) is 0 Å². The third kappa shape index (κ3) is 3.45. The molecule has 2 aromatic carbocycles. The molecule has 0 radical (unpaired) electrons. The molecule has 0 spiro atoms. The number of phenolic OH excluding ortho intramolecular Hbond substituents is 1. The molecule has 1 N–H and O–H groups in total. The lowest BCUT2D eigenvalue weighted by molar-refractivity contribution is 0.386. The van der Waals surface area contributed by atoms with Crippen molar-refractivity contribution in [1.82, 2.24) is 29.2 Å². The summed E-state index contributed by atoms with van der Waals surface area (Å²) < 4.78 is 3.74. The highest BCUT2D eigenvalue weighted by molar-refractivity contribution is 5.62. The minimum atomic E-state index is 0.290. The summed E-state index contributed by atoms with van der Waals surface area (Å²) in [4.78, 5) is 10.6. The molecule has 0 saturated carbocycles. The molecule has 136 valence electrons. The van der Waals surface area contributed by atoms with Crippen LogP contribution < -0.4 is 0 Å². The van der Waals surface area contributed by atoms with Gasteiger partial charge < -0.3 is 10.0 Å². The van der Waals surface area contributed by atoms with Gasteiger partial charge in [-0.3, -0.25) is 4.57 Å². The van der Waals surface area contributed by atoms with Crippen molar-refractivity contribution in [2.24, 2.45) is 0 Å². The molecule has 0 saturated heterocycles. The molecule has 0 atom stereocenters. The second kappa shape index (κ2) is 7.05. The Kier molecular flexibility index (Phi) is 4.43. The van der Waals surface area contributed by atoms with Crippen molar-refractivity contribution in [3.8, 4) is 28.5 Å². The van der Waals surface area contributed by atoms with Crippen LogP contribution in [-0.4, -0.2) is 48.4 Å². The number of nitrogens with zero attached hydrogens (tertiary/aromatic N) is 6. The van der Waals surface area contributed by atoms with E-state index in [2.05, 4.69) is 15.1 Å². The molecule has 0 aliphatic heterocycles. The fourth-order valence-corrected chi connectivity index (χ4v) is 3.04. The highest BCUT2D eigenvalue weighted by Crippen LogP contribution is 2.28. The summed E-state index contributed by atoms with van der Waals surface area (Å²) in [5, 5.41) is 14.3. The van der Waals surface area contributed by atoms with E-state index >= 15 is 0 Å². The lowest BCUT2D eigenvalue weighted by atomic mass is 10.1. The topological polar surface area (TPSA) is 72.0 Å². The highest BCUT2D eigenvalue weighted by atomic mass is 16.3. The van der Waals surface area contributed by atoms with Gasteiger partial charge >= 0.3 is 0 Å². The maximum Gasteiger partial charge on any atom is 0.144 e. The largest absolute Gasteiger partial charge is 0.508 e. The molecule has 27 heavy (non-hydrogen) atoms. The molecule has 0 bridgehead atoms. The molecule has 0 aliphatic rings. The summed E-state index contributed by atoms with van der Waals surface area (Å²) in [6, 6.07) is 13.6. The summed E-state index contributed by atoms with van der Waals surface area (Å²) >= 11 is 0. The SMILES string of the molecule is CN(C)Cc1cc(-c2nccn2-c2cccc(-n3cncn3)c2)ccc1O. The summed E-state index contributed by atoms with van der Waals surface area (Å²) in [5.41, 5.74) is 3.70. The van der Waals surface area contributed by atoms with Crippen molar-refractivity contribution < 1.29 is 5.11 Å². The molecule has 2 heterocycles. The van der Waals surface area contributed by atoms with Gasteiger partial charge in [0.05, 0.1) is 5.69 Å². The normalized spacial score (nSPS) is 11.2. The van der Waals surface area contributed by atoms with E-state index in [0.717, 1.165) is 28.3 Å². The van der Waals surface area contributed by atoms with Crippen LogP contribution in [0, 0.1) is 0 Å². The Hall–Kier alpha value is -3.45. The van der Waals surface area contributed by atoms with E-state index in [0.29, 0.717) is 12.3 Å². The lowest BCUT2D eigenvalue weighted by Gasteiger charge is -2.14. The van der Waals surface area contributed by atoms with Crippen LogP contribution in [0.5, 0.6) is 5.75 Å². The van der Waals surface area contributed by atoms with Crippen LogP contribution in [0.4, 0.5) is 0 Å². The van der Waals surface area contributed by atoms with E-state index in [1.807, 2.05) is 66.2 Å². The molecular weight excluding hydrogens is 340 g/mol. The summed E-state index contributed by atoms with van der Waals surface area (Å²) in [7, 11) is 3.95. The first-order chi connectivity index (χ1) is 13.1. The van der Waals surface area contributed by atoms with E-state index in [1.54, 1.807) is 23.3 Å². The third-order valence-corrected chi connectivity index (χ3v) is 4.26. The van der Waals surface area contributed by atoms with Gasteiger partial charge in [0.2, 0.25) is 0 Å². The zero-order valence-electron chi connectivity index (χ0n) is 15.2. The number of hydrogen-bond donors (Lipinski definition) is 1. The van der Waals surface area contributed by atoms with Gasteiger partial charge in [0.25, 0.3) is 0 Å². The minimum absolute atomic E-state index is 0.290. The average molecular weight is 360 g/mol. The van der Waals surface area contributed by atoms with Gasteiger partial charge in [0.1, 0.15) is 24.2 Å². The molecule has 0 aliphatic carbocycles. The second-order valence-electron chi connectivity index (χ2n) is 6.56. The van der Waals surface area contributed by atoms with Gasteiger partial charge in [-0.2, -0.15) is 5.10 Å². The summed E-state index contributed by atoms with van der Waals surface area (Å²) in [6.45, 7) is 0.655. The summed E-state index contributed by atoms with van der Waals surface area (Å²) in [5.74, 6) is 1.10. The zero-order valence-corrected chi connectivity index (χ0v) is 15.2.